The molecule has 0 saturated heterocycles. The maximum atomic E-state index is 12.0. The van der Waals surface area contributed by atoms with Crippen LogP contribution in [0.25, 0.3) is 5.65 Å². The molecule has 0 aliphatic rings. The maximum Gasteiger partial charge on any atom is 0.272 e. The quantitative estimate of drug-likeness (QED) is 0.727. The first kappa shape index (κ1) is 14.0. The van der Waals surface area contributed by atoms with Crippen LogP contribution in [0.15, 0.2) is 35.5 Å². The summed E-state index contributed by atoms with van der Waals surface area (Å²) in [6.07, 6.45) is 5.13. The SMILES string of the molecule is CN(CCn1cccn1)Cc1cc(=O)n2[nH]cc(C#N)c2n1. The van der Waals surface area contributed by atoms with Crippen LogP contribution in [0.3, 0.4) is 0 Å². The molecule has 22 heavy (non-hydrogen) atoms. The molecule has 0 bridgehead atoms. The van der Waals surface area contributed by atoms with Gasteiger partial charge in [-0.1, -0.05) is 0 Å². The second kappa shape index (κ2) is 5.83. The average Bonchev–Trinajstić information content (AvgIpc) is 3.14. The second-order valence-electron chi connectivity index (χ2n) is 5.05. The molecular formula is C14H15N7O. The molecule has 0 saturated carbocycles. The van der Waals surface area contributed by atoms with E-state index < -0.39 is 0 Å². The van der Waals surface area contributed by atoms with Crippen LogP contribution in [-0.2, 0) is 13.1 Å². The molecule has 3 rings (SSSR count). The summed E-state index contributed by atoms with van der Waals surface area (Å²) in [5.41, 5.74) is 1.15. The van der Waals surface area contributed by atoms with E-state index in [1.165, 1.54) is 16.8 Å². The minimum Gasteiger partial charge on any atom is -0.299 e. The van der Waals surface area contributed by atoms with Crippen LogP contribution >= 0.6 is 0 Å². The highest BCUT2D eigenvalue weighted by atomic mass is 16.1. The number of nitriles is 1. The van der Waals surface area contributed by atoms with Gasteiger partial charge in [0, 0.05) is 37.7 Å². The Morgan fingerprint density at radius 3 is 3.09 bits per heavy atom. The highest BCUT2D eigenvalue weighted by molar-refractivity contribution is 5.53. The number of hydrogen-bond acceptors (Lipinski definition) is 5. The van der Waals surface area contributed by atoms with Crippen molar-refractivity contribution in [2.75, 3.05) is 13.6 Å². The van der Waals surface area contributed by atoms with Crippen LogP contribution in [0, 0.1) is 11.3 Å². The molecule has 8 heteroatoms. The molecule has 112 valence electrons. The zero-order chi connectivity index (χ0) is 15.5. The minimum absolute atomic E-state index is 0.220. The Morgan fingerprint density at radius 1 is 1.50 bits per heavy atom. The van der Waals surface area contributed by atoms with E-state index in [4.69, 9.17) is 5.26 Å². The summed E-state index contributed by atoms with van der Waals surface area (Å²) in [5.74, 6) is 0. The Bertz CT molecular complexity index is 869. The molecule has 3 aromatic rings. The molecule has 0 fully saturated rings. The van der Waals surface area contributed by atoms with Gasteiger partial charge < -0.3 is 0 Å². The lowest BCUT2D eigenvalue weighted by Gasteiger charge is -2.15. The normalized spacial score (nSPS) is 11.1. The summed E-state index contributed by atoms with van der Waals surface area (Å²) in [6.45, 7) is 2.07. The molecule has 0 radical (unpaired) electrons. The van der Waals surface area contributed by atoms with Crippen LogP contribution in [0.1, 0.15) is 11.3 Å². The number of nitrogens with one attached hydrogen (secondary N) is 1. The Balaban J connectivity index is 1.75. The third-order valence-electron chi connectivity index (χ3n) is 3.37. The van der Waals surface area contributed by atoms with E-state index in [1.54, 1.807) is 6.20 Å². The zero-order valence-corrected chi connectivity index (χ0v) is 12.1. The molecule has 3 aromatic heterocycles. The third-order valence-corrected chi connectivity index (χ3v) is 3.37. The monoisotopic (exact) mass is 297 g/mol. The first-order valence-electron chi connectivity index (χ1n) is 6.83. The fourth-order valence-electron chi connectivity index (χ4n) is 2.25. The topological polar surface area (TPSA) is 95.0 Å². The van der Waals surface area contributed by atoms with Gasteiger partial charge in [0.15, 0.2) is 5.65 Å². The molecule has 1 N–H and O–H groups in total. The number of aromatic amines is 1. The third kappa shape index (κ3) is 2.75. The Kier molecular flexibility index (Phi) is 3.72. The summed E-state index contributed by atoms with van der Waals surface area (Å²) in [6, 6.07) is 5.38. The highest BCUT2D eigenvalue weighted by Gasteiger charge is 2.10. The van der Waals surface area contributed by atoms with Crippen LogP contribution in [0.4, 0.5) is 0 Å². The zero-order valence-electron chi connectivity index (χ0n) is 12.1. The van der Waals surface area contributed by atoms with Crippen LogP contribution in [-0.4, -0.2) is 42.9 Å². The van der Waals surface area contributed by atoms with Crippen molar-refractivity contribution >= 4 is 5.65 Å². The Hall–Kier alpha value is -2.92. The largest absolute Gasteiger partial charge is 0.299 e. The van der Waals surface area contributed by atoms with Gasteiger partial charge in [0.05, 0.1) is 12.2 Å². The van der Waals surface area contributed by atoms with Gasteiger partial charge in [0.25, 0.3) is 5.56 Å². The predicted octanol–water partition coefficient (Wildman–Crippen LogP) is 0.223. The van der Waals surface area contributed by atoms with Crippen molar-refractivity contribution in [3.8, 4) is 6.07 Å². The Morgan fingerprint density at radius 2 is 2.36 bits per heavy atom. The lowest BCUT2D eigenvalue weighted by molar-refractivity contribution is 0.302. The number of rotatable bonds is 5. The lowest BCUT2D eigenvalue weighted by Crippen LogP contribution is -2.25. The van der Waals surface area contributed by atoms with E-state index in [1.807, 2.05) is 30.1 Å². The standard InChI is InChI=1S/C14H15N7O/c1-19(5-6-20-4-2-3-16-20)10-12-7-13(22)21-14(18-12)11(8-15)9-17-21/h2-4,7,9,17H,5-6,10H2,1H3. The van der Waals surface area contributed by atoms with Crippen molar-refractivity contribution < 1.29 is 0 Å². The van der Waals surface area contributed by atoms with Gasteiger partial charge in [0.1, 0.15) is 11.6 Å². The smallest absolute Gasteiger partial charge is 0.272 e. The molecule has 0 amide bonds. The number of likely N-dealkylation sites (N-methyl/N-ethyl adjacent to an activating group) is 1. The molecule has 0 atom stereocenters. The molecule has 0 aromatic carbocycles. The van der Waals surface area contributed by atoms with Gasteiger partial charge in [-0.2, -0.15) is 10.4 Å². The summed E-state index contributed by atoms with van der Waals surface area (Å²) in [7, 11) is 1.95. The fraction of sp³-hybridized carbons (Fsp3) is 0.286. The highest BCUT2D eigenvalue weighted by Crippen LogP contribution is 2.06. The van der Waals surface area contributed by atoms with Crippen LogP contribution < -0.4 is 5.56 Å². The van der Waals surface area contributed by atoms with Crippen molar-refractivity contribution in [3.63, 3.8) is 0 Å². The average molecular weight is 297 g/mol. The van der Waals surface area contributed by atoms with E-state index in [2.05, 4.69) is 20.1 Å². The van der Waals surface area contributed by atoms with Gasteiger partial charge in [-0.3, -0.25) is 19.5 Å². The second-order valence-corrected chi connectivity index (χ2v) is 5.05. The van der Waals surface area contributed by atoms with Gasteiger partial charge in [0.2, 0.25) is 0 Å². The number of hydrogen-bond donors (Lipinski definition) is 1. The summed E-state index contributed by atoms with van der Waals surface area (Å²) >= 11 is 0. The molecule has 0 aliphatic heterocycles. The summed E-state index contributed by atoms with van der Waals surface area (Å²) < 4.78 is 3.12. The molecule has 3 heterocycles. The fourth-order valence-corrected chi connectivity index (χ4v) is 2.25. The van der Waals surface area contributed by atoms with E-state index in [-0.39, 0.29) is 5.56 Å². The first-order valence-corrected chi connectivity index (χ1v) is 6.83. The molecule has 0 aliphatic carbocycles. The summed E-state index contributed by atoms with van der Waals surface area (Å²) in [5, 5.41) is 15.9. The van der Waals surface area contributed by atoms with E-state index >= 15 is 0 Å². The first-order chi connectivity index (χ1) is 10.7. The van der Waals surface area contributed by atoms with Gasteiger partial charge in [-0.05, 0) is 13.1 Å². The Labute approximate surface area is 126 Å². The van der Waals surface area contributed by atoms with Crippen molar-refractivity contribution in [1.29, 1.82) is 5.26 Å². The maximum absolute atomic E-state index is 12.0. The number of fused-ring (bicyclic) bond motifs is 1. The van der Waals surface area contributed by atoms with Crippen molar-refractivity contribution in [2.24, 2.45) is 0 Å². The van der Waals surface area contributed by atoms with Gasteiger partial charge in [-0.25, -0.2) is 9.50 Å². The number of nitrogens with zero attached hydrogens (tertiary/aromatic N) is 6. The van der Waals surface area contributed by atoms with Gasteiger partial charge in [-0.15, -0.1) is 0 Å². The molecular weight excluding hydrogens is 282 g/mol. The van der Waals surface area contributed by atoms with E-state index in [0.717, 1.165) is 13.1 Å². The molecule has 8 nitrogen and oxygen atoms in total. The molecule has 0 unspecified atom stereocenters. The van der Waals surface area contributed by atoms with Crippen molar-refractivity contribution in [1.82, 2.24) is 29.3 Å². The minimum atomic E-state index is -0.220. The molecule has 0 spiro atoms. The van der Waals surface area contributed by atoms with Crippen LogP contribution in [0.5, 0.6) is 0 Å². The van der Waals surface area contributed by atoms with Gasteiger partial charge >= 0.3 is 0 Å². The summed E-state index contributed by atoms with van der Waals surface area (Å²) in [4.78, 5) is 18.5. The van der Waals surface area contributed by atoms with Crippen molar-refractivity contribution in [3.05, 3.63) is 52.3 Å². The van der Waals surface area contributed by atoms with E-state index in [9.17, 15) is 4.79 Å². The predicted molar refractivity (Wildman–Crippen MR) is 79.1 cm³/mol. The van der Waals surface area contributed by atoms with Crippen LogP contribution in [0.2, 0.25) is 0 Å². The number of H-pyrrole nitrogens is 1. The van der Waals surface area contributed by atoms with E-state index in [0.29, 0.717) is 23.4 Å². The lowest BCUT2D eigenvalue weighted by atomic mass is 10.3. The van der Waals surface area contributed by atoms with Crippen molar-refractivity contribution in [2.45, 2.75) is 13.1 Å². The number of aromatic nitrogens is 5.